The molecule has 6 nitrogen and oxygen atoms in total. The maximum Gasteiger partial charge on any atom is 0.303 e. The molecule has 1 N–H and O–H groups in total. The monoisotopic (exact) mass is 465 g/mol. The molecule has 0 saturated heterocycles. The summed E-state index contributed by atoms with van der Waals surface area (Å²) >= 11 is 5.94. The standard InChI is InChI=1S/C26H28ClN3O3/c1-17(11-25(31)32)14-30-10-9-23-21(15-30)13-28-26(29-23)20-5-8-24(18(2)12-20)33-16-19-3-6-22(27)7-4-19/h3-8,12-13,17H,9-11,14-16H2,1-2H3,(H,31,32)/t17-/m0/s1. The molecule has 4 rings (SSSR count). The van der Waals surface area contributed by atoms with Gasteiger partial charge in [-0.2, -0.15) is 0 Å². The molecule has 1 aliphatic heterocycles. The van der Waals surface area contributed by atoms with E-state index >= 15 is 0 Å². The molecular formula is C26H28ClN3O3. The van der Waals surface area contributed by atoms with E-state index in [4.69, 9.17) is 26.4 Å². The van der Waals surface area contributed by atoms with Crippen LogP contribution in [0.1, 0.15) is 35.7 Å². The summed E-state index contributed by atoms with van der Waals surface area (Å²) in [6, 6.07) is 13.7. The van der Waals surface area contributed by atoms with Crippen LogP contribution in [-0.4, -0.2) is 39.0 Å². The number of aliphatic carboxylic acids is 1. The van der Waals surface area contributed by atoms with Crippen molar-refractivity contribution in [2.75, 3.05) is 13.1 Å². The van der Waals surface area contributed by atoms with Crippen LogP contribution in [0.25, 0.3) is 11.4 Å². The zero-order valence-corrected chi connectivity index (χ0v) is 19.7. The number of fused-ring (bicyclic) bond motifs is 1. The van der Waals surface area contributed by atoms with E-state index in [0.717, 1.165) is 59.8 Å². The fraction of sp³-hybridized carbons (Fsp3) is 0.346. The van der Waals surface area contributed by atoms with Gasteiger partial charge >= 0.3 is 5.97 Å². The van der Waals surface area contributed by atoms with E-state index in [1.54, 1.807) is 0 Å². The summed E-state index contributed by atoms with van der Waals surface area (Å²) < 4.78 is 5.99. The van der Waals surface area contributed by atoms with E-state index in [1.807, 2.05) is 56.4 Å². The van der Waals surface area contributed by atoms with Crippen LogP contribution in [0.15, 0.2) is 48.7 Å². The highest BCUT2D eigenvalue weighted by Gasteiger charge is 2.21. The van der Waals surface area contributed by atoms with Crippen LogP contribution in [-0.2, 0) is 24.4 Å². The Labute approximate surface area is 199 Å². The number of halogens is 1. The minimum Gasteiger partial charge on any atom is -0.489 e. The number of aromatic nitrogens is 2. The van der Waals surface area contributed by atoms with Crippen molar-refractivity contribution in [3.8, 4) is 17.1 Å². The average molecular weight is 466 g/mol. The molecule has 0 aliphatic carbocycles. The van der Waals surface area contributed by atoms with Crippen LogP contribution in [0.2, 0.25) is 5.02 Å². The van der Waals surface area contributed by atoms with Gasteiger partial charge in [0.15, 0.2) is 5.82 Å². The number of hydrogen-bond acceptors (Lipinski definition) is 5. The summed E-state index contributed by atoms with van der Waals surface area (Å²) in [6.45, 7) is 6.89. The maximum atomic E-state index is 10.9. The van der Waals surface area contributed by atoms with E-state index in [0.29, 0.717) is 17.5 Å². The number of carboxylic acids is 1. The number of benzene rings is 2. The Morgan fingerprint density at radius 2 is 2.03 bits per heavy atom. The molecule has 0 bridgehead atoms. The molecule has 2 aromatic carbocycles. The lowest BCUT2D eigenvalue weighted by Gasteiger charge is -2.29. The van der Waals surface area contributed by atoms with Crippen LogP contribution in [0.3, 0.4) is 0 Å². The SMILES string of the molecule is Cc1cc(-c2ncc3c(n2)CCN(C[C@@H](C)CC(=O)O)C3)ccc1OCc1ccc(Cl)cc1. The molecule has 1 aliphatic rings. The van der Waals surface area contributed by atoms with Crippen molar-refractivity contribution in [3.05, 3.63) is 76.1 Å². The molecule has 7 heteroatoms. The van der Waals surface area contributed by atoms with Crippen LogP contribution in [0, 0.1) is 12.8 Å². The smallest absolute Gasteiger partial charge is 0.303 e. The van der Waals surface area contributed by atoms with Gasteiger partial charge in [-0.3, -0.25) is 9.69 Å². The number of carboxylic acid groups (broad SMARTS) is 1. The molecule has 0 fully saturated rings. The lowest BCUT2D eigenvalue weighted by Crippen LogP contribution is -2.35. The van der Waals surface area contributed by atoms with Gasteiger partial charge in [0.2, 0.25) is 0 Å². The fourth-order valence-corrected chi connectivity index (χ4v) is 4.29. The third-order valence-electron chi connectivity index (χ3n) is 5.85. The van der Waals surface area contributed by atoms with Gasteiger partial charge in [-0.15, -0.1) is 0 Å². The third-order valence-corrected chi connectivity index (χ3v) is 6.10. The van der Waals surface area contributed by atoms with Gasteiger partial charge in [0.25, 0.3) is 0 Å². The molecule has 0 spiro atoms. The van der Waals surface area contributed by atoms with Crippen molar-refractivity contribution in [3.63, 3.8) is 0 Å². The summed E-state index contributed by atoms with van der Waals surface area (Å²) in [5, 5.41) is 9.70. The topological polar surface area (TPSA) is 75.6 Å². The number of aryl methyl sites for hydroxylation is 1. The summed E-state index contributed by atoms with van der Waals surface area (Å²) in [7, 11) is 0. The Bertz CT molecular complexity index is 1130. The number of hydrogen-bond donors (Lipinski definition) is 1. The molecule has 2 heterocycles. The van der Waals surface area contributed by atoms with E-state index in [1.165, 1.54) is 0 Å². The van der Waals surface area contributed by atoms with Gasteiger partial charge in [0.1, 0.15) is 12.4 Å². The lowest BCUT2D eigenvalue weighted by atomic mass is 10.0. The highest BCUT2D eigenvalue weighted by atomic mass is 35.5. The van der Waals surface area contributed by atoms with Gasteiger partial charge in [0.05, 0.1) is 5.69 Å². The number of ether oxygens (including phenoxy) is 1. The first-order valence-corrected chi connectivity index (χ1v) is 11.5. The second-order valence-electron chi connectivity index (χ2n) is 8.75. The number of nitrogens with zero attached hydrogens (tertiary/aromatic N) is 3. The zero-order valence-electron chi connectivity index (χ0n) is 18.9. The van der Waals surface area contributed by atoms with E-state index in [-0.39, 0.29) is 12.3 Å². The summed E-state index contributed by atoms with van der Waals surface area (Å²) in [4.78, 5) is 22.7. The van der Waals surface area contributed by atoms with Gasteiger partial charge in [0, 0.05) is 54.8 Å². The molecule has 0 amide bonds. The molecule has 0 radical (unpaired) electrons. The lowest BCUT2D eigenvalue weighted by molar-refractivity contribution is -0.138. The van der Waals surface area contributed by atoms with Gasteiger partial charge < -0.3 is 9.84 Å². The van der Waals surface area contributed by atoms with E-state index in [9.17, 15) is 4.79 Å². The predicted molar refractivity (Wildman–Crippen MR) is 128 cm³/mol. The summed E-state index contributed by atoms with van der Waals surface area (Å²) in [5.41, 5.74) is 5.25. The third kappa shape index (κ3) is 6.09. The van der Waals surface area contributed by atoms with E-state index in [2.05, 4.69) is 16.0 Å². The zero-order chi connectivity index (χ0) is 23.4. The average Bonchev–Trinajstić information content (AvgIpc) is 2.78. The summed E-state index contributed by atoms with van der Waals surface area (Å²) in [5.74, 6) is 0.920. The first-order chi connectivity index (χ1) is 15.9. The maximum absolute atomic E-state index is 10.9. The highest BCUT2D eigenvalue weighted by molar-refractivity contribution is 6.30. The molecular weight excluding hydrogens is 438 g/mol. The molecule has 172 valence electrons. The second-order valence-corrected chi connectivity index (χ2v) is 9.19. The predicted octanol–water partition coefficient (Wildman–Crippen LogP) is 5.15. The van der Waals surface area contributed by atoms with Crippen LogP contribution < -0.4 is 4.74 Å². The largest absolute Gasteiger partial charge is 0.489 e. The first-order valence-electron chi connectivity index (χ1n) is 11.1. The molecule has 3 aromatic rings. The second kappa shape index (κ2) is 10.3. The Morgan fingerprint density at radius 1 is 1.24 bits per heavy atom. The Hall–Kier alpha value is -2.96. The fourth-order valence-electron chi connectivity index (χ4n) is 4.17. The van der Waals surface area contributed by atoms with E-state index < -0.39 is 5.97 Å². The first kappa shape index (κ1) is 23.2. The number of carbonyl (C=O) groups is 1. The van der Waals surface area contributed by atoms with Gasteiger partial charge in [-0.05, 0) is 54.3 Å². The van der Waals surface area contributed by atoms with Crippen LogP contribution >= 0.6 is 11.6 Å². The minimum atomic E-state index is -0.746. The quantitative estimate of drug-likeness (QED) is 0.495. The van der Waals surface area contributed by atoms with Crippen molar-refractivity contribution in [1.82, 2.24) is 14.9 Å². The van der Waals surface area contributed by atoms with Crippen molar-refractivity contribution in [2.45, 2.75) is 39.8 Å². The minimum absolute atomic E-state index is 0.118. The van der Waals surface area contributed by atoms with Crippen molar-refractivity contribution < 1.29 is 14.6 Å². The number of rotatable bonds is 8. The summed E-state index contributed by atoms with van der Waals surface area (Å²) in [6.07, 6.45) is 2.94. The van der Waals surface area contributed by atoms with Crippen LogP contribution in [0.5, 0.6) is 5.75 Å². The van der Waals surface area contributed by atoms with Crippen molar-refractivity contribution >= 4 is 17.6 Å². The Kier molecular flexibility index (Phi) is 7.26. The molecule has 0 unspecified atom stereocenters. The van der Waals surface area contributed by atoms with Crippen molar-refractivity contribution in [2.24, 2.45) is 5.92 Å². The Balaban J connectivity index is 1.41. The van der Waals surface area contributed by atoms with Crippen molar-refractivity contribution in [1.29, 1.82) is 0 Å². The Morgan fingerprint density at radius 3 is 2.76 bits per heavy atom. The van der Waals surface area contributed by atoms with Gasteiger partial charge in [-0.25, -0.2) is 9.97 Å². The molecule has 0 saturated carbocycles. The van der Waals surface area contributed by atoms with Gasteiger partial charge in [-0.1, -0.05) is 30.7 Å². The highest BCUT2D eigenvalue weighted by Crippen LogP contribution is 2.27. The van der Waals surface area contributed by atoms with Crippen LogP contribution in [0.4, 0.5) is 0 Å². The molecule has 1 atom stereocenters. The molecule has 1 aromatic heterocycles. The molecule has 33 heavy (non-hydrogen) atoms. The normalized spacial score (nSPS) is 14.5.